The maximum absolute atomic E-state index is 13.3. The van der Waals surface area contributed by atoms with Gasteiger partial charge in [0.1, 0.15) is 11.8 Å². The van der Waals surface area contributed by atoms with Crippen molar-refractivity contribution in [3.05, 3.63) is 59.7 Å². The molecule has 192 valence electrons. The molecule has 8 nitrogen and oxygen atoms in total. The summed E-state index contributed by atoms with van der Waals surface area (Å²) in [6.45, 7) is 7.86. The van der Waals surface area contributed by atoms with Gasteiger partial charge in [0, 0.05) is 31.6 Å². The zero-order valence-corrected chi connectivity index (χ0v) is 22.3. The van der Waals surface area contributed by atoms with Gasteiger partial charge in [-0.25, -0.2) is 8.42 Å². The molecule has 0 fully saturated rings. The van der Waals surface area contributed by atoms with Crippen LogP contribution >= 0.6 is 0 Å². The first kappa shape index (κ1) is 28.2. The predicted molar refractivity (Wildman–Crippen MR) is 139 cm³/mol. The van der Waals surface area contributed by atoms with Crippen LogP contribution < -0.4 is 14.4 Å². The highest BCUT2D eigenvalue weighted by molar-refractivity contribution is 7.92. The third kappa shape index (κ3) is 8.58. The summed E-state index contributed by atoms with van der Waals surface area (Å²) in [5, 5.41) is 2.87. The molecule has 9 heteroatoms. The van der Waals surface area contributed by atoms with Crippen molar-refractivity contribution in [3.63, 3.8) is 0 Å². The number of benzene rings is 2. The molecule has 1 atom stereocenters. The summed E-state index contributed by atoms with van der Waals surface area (Å²) < 4.78 is 31.4. The molecule has 0 saturated carbocycles. The minimum Gasteiger partial charge on any atom is -0.497 e. The van der Waals surface area contributed by atoms with Crippen LogP contribution in [0.2, 0.25) is 0 Å². The van der Waals surface area contributed by atoms with Gasteiger partial charge >= 0.3 is 0 Å². The number of rotatable bonds is 12. The first-order valence-corrected chi connectivity index (χ1v) is 13.5. The number of hydrogen-bond acceptors (Lipinski definition) is 5. The second kappa shape index (κ2) is 12.6. The van der Waals surface area contributed by atoms with E-state index < -0.39 is 16.1 Å². The maximum atomic E-state index is 13.3. The monoisotopic (exact) mass is 503 g/mol. The number of amides is 2. The van der Waals surface area contributed by atoms with Gasteiger partial charge in [0.05, 0.1) is 19.1 Å². The molecule has 2 aromatic rings. The average Bonchev–Trinajstić information content (AvgIpc) is 2.79. The maximum Gasteiger partial charge on any atom is 0.242 e. The van der Waals surface area contributed by atoms with E-state index in [9.17, 15) is 18.0 Å². The lowest BCUT2D eigenvalue weighted by molar-refractivity contribution is -0.140. The van der Waals surface area contributed by atoms with E-state index in [1.54, 1.807) is 36.1 Å². The molecule has 0 saturated heterocycles. The fourth-order valence-electron chi connectivity index (χ4n) is 3.65. The van der Waals surface area contributed by atoms with Crippen LogP contribution in [0.3, 0.4) is 0 Å². The lowest BCUT2D eigenvalue weighted by Gasteiger charge is -2.30. The molecular formula is C26H37N3O5S. The third-order valence-corrected chi connectivity index (χ3v) is 6.76. The Morgan fingerprint density at radius 2 is 1.71 bits per heavy atom. The van der Waals surface area contributed by atoms with E-state index in [2.05, 4.69) is 5.32 Å². The Morgan fingerprint density at radius 1 is 1.06 bits per heavy atom. The lowest BCUT2D eigenvalue weighted by atomic mass is 10.1. The molecule has 1 N–H and O–H groups in total. The van der Waals surface area contributed by atoms with Crippen molar-refractivity contribution in [1.29, 1.82) is 0 Å². The van der Waals surface area contributed by atoms with Gasteiger partial charge in [-0.15, -0.1) is 0 Å². The van der Waals surface area contributed by atoms with Crippen LogP contribution in [0.1, 0.15) is 44.7 Å². The van der Waals surface area contributed by atoms with Crippen LogP contribution in [0.5, 0.6) is 5.75 Å². The second-order valence-electron chi connectivity index (χ2n) is 8.99. The number of carbonyl (C=O) groups is 2. The van der Waals surface area contributed by atoms with Gasteiger partial charge in [-0.2, -0.15) is 0 Å². The predicted octanol–water partition coefficient (Wildman–Crippen LogP) is 3.49. The van der Waals surface area contributed by atoms with Gasteiger partial charge in [-0.1, -0.05) is 35.9 Å². The first-order valence-electron chi connectivity index (χ1n) is 11.7. The van der Waals surface area contributed by atoms with Gasteiger partial charge in [-0.05, 0) is 51.8 Å². The van der Waals surface area contributed by atoms with Crippen LogP contribution in [0.4, 0.5) is 5.69 Å². The Labute approximate surface area is 209 Å². The van der Waals surface area contributed by atoms with E-state index >= 15 is 0 Å². The van der Waals surface area contributed by atoms with E-state index in [4.69, 9.17) is 4.74 Å². The zero-order valence-electron chi connectivity index (χ0n) is 21.4. The van der Waals surface area contributed by atoms with Crippen LogP contribution in [0.15, 0.2) is 48.5 Å². The van der Waals surface area contributed by atoms with Gasteiger partial charge in [0.15, 0.2) is 0 Å². The number of hydrogen-bond donors (Lipinski definition) is 1. The molecule has 2 rings (SSSR count). The molecule has 0 aliphatic heterocycles. The molecular weight excluding hydrogens is 466 g/mol. The normalized spacial score (nSPS) is 12.2. The zero-order chi connectivity index (χ0) is 26.2. The molecule has 35 heavy (non-hydrogen) atoms. The average molecular weight is 504 g/mol. The largest absolute Gasteiger partial charge is 0.497 e. The summed E-state index contributed by atoms with van der Waals surface area (Å²) in [6, 6.07) is 13.9. The van der Waals surface area contributed by atoms with E-state index in [0.29, 0.717) is 17.9 Å². The highest BCUT2D eigenvalue weighted by Gasteiger charge is 2.27. The number of sulfonamides is 1. The topological polar surface area (TPSA) is 96.0 Å². The molecule has 0 radical (unpaired) electrons. The summed E-state index contributed by atoms with van der Waals surface area (Å²) in [7, 11) is -2.05. The van der Waals surface area contributed by atoms with Gasteiger partial charge < -0.3 is 15.0 Å². The third-order valence-electron chi connectivity index (χ3n) is 5.57. The van der Waals surface area contributed by atoms with Crippen molar-refractivity contribution in [2.45, 2.75) is 59.2 Å². The summed E-state index contributed by atoms with van der Waals surface area (Å²) in [6.07, 6.45) is 1.53. The highest BCUT2D eigenvalue weighted by Crippen LogP contribution is 2.24. The fourth-order valence-corrected chi connectivity index (χ4v) is 4.60. The number of aryl methyl sites for hydroxylation is 1. The quantitative estimate of drug-likeness (QED) is 0.478. The first-order chi connectivity index (χ1) is 16.4. The minimum atomic E-state index is -3.57. The van der Waals surface area contributed by atoms with Crippen molar-refractivity contribution in [2.24, 2.45) is 0 Å². The van der Waals surface area contributed by atoms with Gasteiger partial charge in [0.2, 0.25) is 21.8 Å². The number of ether oxygens (including phenoxy) is 1. The van der Waals surface area contributed by atoms with Crippen LogP contribution in [0.25, 0.3) is 0 Å². The summed E-state index contributed by atoms with van der Waals surface area (Å²) in [5.74, 6) is 0.104. The SMILES string of the molecule is COc1cccc(N(CCCC(=O)N(Cc2ccc(C)cc2)[C@@H](C)C(=O)NC(C)C)S(C)(=O)=O)c1. The molecule has 2 aromatic carbocycles. The molecule has 0 aliphatic rings. The van der Waals surface area contributed by atoms with Gasteiger partial charge in [0.25, 0.3) is 0 Å². The molecule has 0 spiro atoms. The molecule has 0 aromatic heterocycles. The summed E-state index contributed by atoms with van der Waals surface area (Å²) in [5.41, 5.74) is 2.50. The molecule has 0 unspecified atom stereocenters. The van der Waals surface area contributed by atoms with Crippen molar-refractivity contribution in [1.82, 2.24) is 10.2 Å². The number of carbonyl (C=O) groups excluding carboxylic acids is 2. The Morgan fingerprint density at radius 3 is 2.29 bits per heavy atom. The number of anilines is 1. The Kier molecular flexibility index (Phi) is 10.1. The van der Waals surface area contributed by atoms with Crippen LogP contribution in [-0.2, 0) is 26.2 Å². The van der Waals surface area contributed by atoms with Crippen LogP contribution in [0, 0.1) is 6.92 Å². The van der Waals surface area contributed by atoms with E-state index in [0.717, 1.165) is 17.4 Å². The fraction of sp³-hybridized carbons (Fsp3) is 0.462. The van der Waals surface area contributed by atoms with Crippen LogP contribution in [-0.4, -0.2) is 57.1 Å². The van der Waals surface area contributed by atoms with E-state index in [-0.39, 0.29) is 37.4 Å². The van der Waals surface area contributed by atoms with Crippen molar-refractivity contribution < 1.29 is 22.7 Å². The highest BCUT2D eigenvalue weighted by atomic mass is 32.2. The van der Waals surface area contributed by atoms with E-state index in [1.807, 2.05) is 45.0 Å². The Balaban J connectivity index is 2.17. The van der Waals surface area contributed by atoms with Crippen molar-refractivity contribution in [2.75, 3.05) is 24.2 Å². The standard InChI is InChI=1S/C26H37N3O5S/c1-19(2)27-26(31)21(4)28(18-22-14-12-20(3)13-15-22)25(30)11-8-16-29(35(6,32)33)23-9-7-10-24(17-23)34-5/h7,9-10,12-15,17,19,21H,8,11,16,18H2,1-6H3,(H,27,31)/t21-/m0/s1. The lowest BCUT2D eigenvalue weighted by Crippen LogP contribution is -2.49. The second-order valence-corrected chi connectivity index (χ2v) is 10.9. The summed E-state index contributed by atoms with van der Waals surface area (Å²) in [4.78, 5) is 27.5. The molecule has 0 bridgehead atoms. The number of nitrogens with zero attached hydrogens (tertiary/aromatic N) is 2. The smallest absolute Gasteiger partial charge is 0.242 e. The molecule has 0 aliphatic carbocycles. The summed E-state index contributed by atoms with van der Waals surface area (Å²) >= 11 is 0. The Bertz CT molecular complexity index is 1100. The van der Waals surface area contributed by atoms with Gasteiger partial charge in [-0.3, -0.25) is 13.9 Å². The minimum absolute atomic E-state index is 0.0486. The number of methoxy groups -OCH3 is 1. The number of nitrogens with one attached hydrogen (secondary N) is 1. The Hall–Kier alpha value is -3.07. The molecule has 0 heterocycles. The molecule has 2 amide bonds. The van der Waals surface area contributed by atoms with Crippen molar-refractivity contribution >= 4 is 27.5 Å². The van der Waals surface area contributed by atoms with E-state index in [1.165, 1.54) is 11.4 Å². The van der Waals surface area contributed by atoms with Crippen molar-refractivity contribution in [3.8, 4) is 5.75 Å².